The van der Waals surface area contributed by atoms with E-state index in [0.29, 0.717) is 25.0 Å². The van der Waals surface area contributed by atoms with Gasteiger partial charge in [-0.05, 0) is 84.2 Å². The molecule has 2 aromatic heterocycles. The molecule has 3 rings (SSSR count). The molecule has 2 amide bonds. The number of carbonyl (C=O) groups excluding carboxylic acids is 2. The molecule has 186 valence electrons. The van der Waals surface area contributed by atoms with E-state index in [1.54, 1.807) is 65.4 Å². The SMILES string of the molecule is CC(C)(C)OC(=O)N(CCC[C@H]1C[C@]1(C(=O)O)c1cn(-c2cccs2)cn1)C(=O)OC(C)(C)C. The first-order chi connectivity index (χ1) is 15.7. The van der Waals surface area contributed by atoms with E-state index in [1.165, 1.54) is 0 Å². The molecule has 0 bridgehead atoms. The Kier molecular flexibility index (Phi) is 7.12. The maximum absolute atomic E-state index is 12.6. The third-order valence-corrected chi connectivity index (χ3v) is 6.33. The zero-order valence-corrected chi connectivity index (χ0v) is 21.3. The fourth-order valence-electron chi connectivity index (χ4n) is 3.84. The summed E-state index contributed by atoms with van der Waals surface area (Å²) in [6, 6.07) is 3.86. The monoisotopic (exact) mass is 491 g/mol. The number of thiophene rings is 1. The van der Waals surface area contributed by atoms with Crippen molar-refractivity contribution >= 4 is 29.5 Å². The van der Waals surface area contributed by atoms with E-state index in [0.717, 1.165) is 9.90 Å². The highest BCUT2D eigenvalue weighted by Crippen LogP contribution is 2.56. The molecule has 0 radical (unpaired) electrons. The van der Waals surface area contributed by atoms with Crippen molar-refractivity contribution in [3.05, 3.63) is 35.7 Å². The summed E-state index contributed by atoms with van der Waals surface area (Å²) in [5, 5.41) is 12.9. The maximum Gasteiger partial charge on any atom is 0.419 e. The number of imidazole rings is 1. The zero-order valence-electron chi connectivity index (χ0n) is 20.5. The zero-order chi connectivity index (χ0) is 25.3. The van der Waals surface area contributed by atoms with Crippen LogP contribution in [-0.2, 0) is 19.7 Å². The van der Waals surface area contributed by atoms with Crippen molar-refractivity contribution < 1.29 is 29.0 Å². The van der Waals surface area contributed by atoms with Crippen LogP contribution in [0.4, 0.5) is 9.59 Å². The predicted octanol–water partition coefficient (Wildman–Crippen LogP) is 5.23. The van der Waals surface area contributed by atoms with Crippen molar-refractivity contribution in [2.45, 2.75) is 77.4 Å². The summed E-state index contributed by atoms with van der Waals surface area (Å²) in [6.45, 7) is 10.4. The molecular formula is C24H33N3O6S. The Hall–Kier alpha value is -2.88. The van der Waals surface area contributed by atoms with Crippen LogP contribution in [0.2, 0.25) is 0 Å². The Morgan fingerprint density at radius 1 is 1.18 bits per heavy atom. The van der Waals surface area contributed by atoms with Gasteiger partial charge in [-0.3, -0.25) is 9.36 Å². The van der Waals surface area contributed by atoms with Gasteiger partial charge in [0.25, 0.3) is 0 Å². The Morgan fingerprint density at radius 3 is 2.29 bits per heavy atom. The molecule has 10 heteroatoms. The lowest BCUT2D eigenvalue weighted by Crippen LogP contribution is -2.44. The number of carboxylic acid groups (broad SMARTS) is 1. The molecule has 0 saturated heterocycles. The number of hydrogen-bond acceptors (Lipinski definition) is 7. The molecule has 0 unspecified atom stereocenters. The van der Waals surface area contributed by atoms with Crippen molar-refractivity contribution in [3.63, 3.8) is 0 Å². The first kappa shape index (κ1) is 25.7. The molecule has 9 nitrogen and oxygen atoms in total. The summed E-state index contributed by atoms with van der Waals surface area (Å²) in [6.07, 6.45) is 3.24. The van der Waals surface area contributed by atoms with Crippen LogP contribution >= 0.6 is 11.3 Å². The normalized spacial score (nSPS) is 20.0. The van der Waals surface area contributed by atoms with Crippen LogP contribution in [0.15, 0.2) is 30.0 Å². The minimum atomic E-state index is -1.05. The van der Waals surface area contributed by atoms with Crippen molar-refractivity contribution in [2.75, 3.05) is 6.54 Å². The molecule has 1 aliphatic carbocycles. The topological polar surface area (TPSA) is 111 Å². The van der Waals surface area contributed by atoms with Crippen LogP contribution in [0.1, 0.15) is 66.5 Å². The number of carboxylic acids is 1. The van der Waals surface area contributed by atoms with Gasteiger partial charge in [0.2, 0.25) is 0 Å². The number of imide groups is 1. The summed E-state index contributed by atoms with van der Waals surface area (Å²) in [7, 11) is 0. The summed E-state index contributed by atoms with van der Waals surface area (Å²) < 4.78 is 12.6. The molecule has 2 aromatic rings. The van der Waals surface area contributed by atoms with Crippen LogP contribution in [-0.4, -0.2) is 55.5 Å². The summed E-state index contributed by atoms with van der Waals surface area (Å²) in [4.78, 5) is 42.8. The van der Waals surface area contributed by atoms with Gasteiger partial charge in [-0.15, -0.1) is 11.3 Å². The van der Waals surface area contributed by atoms with Crippen LogP contribution in [0, 0.1) is 5.92 Å². The molecule has 34 heavy (non-hydrogen) atoms. The minimum absolute atomic E-state index is 0.0691. The van der Waals surface area contributed by atoms with Gasteiger partial charge in [-0.2, -0.15) is 0 Å². The molecule has 1 aliphatic rings. The molecule has 2 atom stereocenters. The number of ether oxygens (including phenoxy) is 2. The second-order valence-corrected chi connectivity index (χ2v) is 11.5. The lowest BCUT2D eigenvalue weighted by Gasteiger charge is -2.28. The Bertz CT molecular complexity index is 1010. The van der Waals surface area contributed by atoms with Gasteiger partial charge in [-0.1, -0.05) is 0 Å². The second kappa shape index (κ2) is 9.40. The summed E-state index contributed by atoms with van der Waals surface area (Å²) >= 11 is 1.54. The predicted molar refractivity (Wildman–Crippen MR) is 127 cm³/mol. The largest absolute Gasteiger partial charge is 0.481 e. The van der Waals surface area contributed by atoms with Gasteiger partial charge >= 0.3 is 18.2 Å². The summed E-state index contributed by atoms with van der Waals surface area (Å²) in [5.41, 5.74) is -2.07. The Labute approximate surface area is 203 Å². The number of nitrogens with zero attached hydrogens (tertiary/aromatic N) is 3. The highest BCUT2D eigenvalue weighted by molar-refractivity contribution is 7.12. The molecule has 2 heterocycles. The van der Waals surface area contributed by atoms with Gasteiger partial charge < -0.3 is 14.6 Å². The van der Waals surface area contributed by atoms with E-state index in [-0.39, 0.29) is 12.5 Å². The van der Waals surface area contributed by atoms with E-state index < -0.39 is 34.8 Å². The minimum Gasteiger partial charge on any atom is -0.481 e. The molecule has 0 aliphatic heterocycles. The number of amides is 2. The highest BCUT2D eigenvalue weighted by atomic mass is 32.1. The highest BCUT2D eigenvalue weighted by Gasteiger charge is 2.62. The molecule has 0 spiro atoms. The molecule has 0 aromatic carbocycles. The van der Waals surface area contributed by atoms with E-state index in [1.807, 2.05) is 22.1 Å². The van der Waals surface area contributed by atoms with Gasteiger partial charge in [-0.25, -0.2) is 19.5 Å². The molecular weight excluding hydrogens is 458 g/mol. The van der Waals surface area contributed by atoms with E-state index in [9.17, 15) is 19.5 Å². The third kappa shape index (κ3) is 5.97. The van der Waals surface area contributed by atoms with Gasteiger partial charge in [0, 0.05) is 12.7 Å². The van der Waals surface area contributed by atoms with Crippen molar-refractivity contribution in [1.82, 2.24) is 14.5 Å². The molecule has 1 N–H and O–H groups in total. The fourth-order valence-corrected chi connectivity index (χ4v) is 4.52. The third-order valence-electron chi connectivity index (χ3n) is 5.45. The van der Waals surface area contributed by atoms with Crippen molar-refractivity contribution in [3.8, 4) is 5.00 Å². The van der Waals surface area contributed by atoms with Crippen molar-refractivity contribution in [1.29, 1.82) is 0 Å². The van der Waals surface area contributed by atoms with Crippen LogP contribution in [0.3, 0.4) is 0 Å². The lowest BCUT2D eigenvalue weighted by molar-refractivity contribution is -0.140. The maximum atomic E-state index is 12.6. The fraction of sp³-hybridized carbons (Fsp3) is 0.583. The first-order valence-electron chi connectivity index (χ1n) is 11.3. The average molecular weight is 492 g/mol. The average Bonchev–Trinajstić information content (AvgIpc) is 3.06. The smallest absolute Gasteiger partial charge is 0.419 e. The number of carbonyl (C=O) groups is 3. The lowest BCUT2D eigenvalue weighted by atomic mass is 9.98. The van der Waals surface area contributed by atoms with Gasteiger partial charge in [0.15, 0.2) is 0 Å². The Morgan fingerprint density at radius 2 is 1.79 bits per heavy atom. The first-order valence-corrected chi connectivity index (χ1v) is 12.2. The standard InChI is InChI=1S/C24H33N3O6S/c1-22(2,3)32-20(30)27(21(31)33-23(4,5)6)11-7-9-16-13-24(16,19(28)29)17-14-26(15-25-17)18-10-8-12-34-18/h8,10,12,14-16H,7,9,11,13H2,1-6H3,(H,28,29)/t16-,24+/m0/s1. The Balaban J connectivity index is 1.67. The van der Waals surface area contributed by atoms with Gasteiger partial charge in [0.1, 0.15) is 27.9 Å². The van der Waals surface area contributed by atoms with E-state index in [4.69, 9.17) is 9.47 Å². The van der Waals surface area contributed by atoms with E-state index >= 15 is 0 Å². The van der Waals surface area contributed by atoms with Crippen LogP contribution in [0.25, 0.3) is 5.00 Å². The summed E-state index contributed by atoms with van der Waals surface area (Å²) in [5.74, 6) is -1.05. The quantitative estimate of drug-likeness (QED) is 0.564. The number of rotatable bonds is 7. The molecule has 1 fully saturated rings. The molecule has 1 saturated carbocycles. The van der Waals surface area contributed by atoms with Crippen LogP contribution in [0.5, 0.6) is 0 Å². The van der Waals surface area contributed by atoms with Gasteiger partial charge in [0.05, 0.1) is 5.69 Å². The number of hydrogen-bond donors (Lipinski definition) is 1. The van der Waals surface area contributed by atoms with Crippen LogP contribution < -0.4 is 0 Å². The second-order valence-electron chi connectivity index (χ2n) is 10.5. The number of aliphatic carboxylic acids is 1. The van der Waals surface area contributed by atoms with E-state index in [2.05, 4.69) is 4.98 Å². The van der Waals surface area contributed by atoms with Crippen molar-refractivity contribution in [2.24, 2.45) is 5.92 Å². The number of aromatic nitrogens is 2.